The highest BCUT2D eigenvalue weighted by atomic mass is 19.1. The normalized spacial score (nSPS) is 11.3. The molecule has 2 aromatic rings. The molecule has 0 spiro atoms. The Morgan fingerprint density at radius 1 is 1.28 bits per heavy atom. The second-order valence-electron chi connectivity index (χ2n) is 5.71. The third-order valence-electron chi connectivity index (χ3n) is 3.56. The van der Waals surface area contributed by atoms with Crippen LogP contribution >= 0.6 is 0 Å². The van der Waals surface area contributed by atoms with E-state index in [-0.39, 0.29) is 24.4 Å². The first-order chi connectivity index (χ1) is 12.0. The largest absolute Gasteiger partial charge is 0.486 e. The first-order valence-electron chi connectivity index (χ1n) is 7.89. The molecule has 0 aromatic heterocycles. The third kappa shape index (κ3) is 5.50. The molecule has 0 aliphatic heterocycles. The molecule has 1 atom stereocenters. The maximum atomic E-state index is 13.5. The highest BCUT2D eigenvalue weighted by Gasteiger charge is 2.12. The minimum Gasteiger partial charge on any atom is -0.486 e. The van der Waals surface area contributed by atoms with E-state index in [2.05, 4.69) is 11.4 Å². The van der Waals surface area contributed by atoms with Crippen LogP contribution in [0.15, 0.2) is 48.5 Å². The smallest absolute Gasteiger partial charge is 0.317 e. The second-order valence-corrected chi connectivity index (χ2v) is 5.71. The molecular formula is C19H20FN3O2. The lowest BCUT2D eigenvalue weighted by atomic mass is 10.1. The molecule has 2 amide bonds. The van der Waals surface area contributed by atoms with E-state index < -0.39 is 5.82 Å². The molecule has 6 heteroatoms. The highest BCUT2D eigenvalue weighted by Crippen LogP contribution is 2.16. The molecule has 0 unspecified atom stereocenters. The number of carbonyl (C=O) groups is 1. The Morgan fingerprint density at radius 2 is 1.96 bits per heavy atom. The van der Waals surface area contributed by atoms with Gasteiger partial charge in [0.15, 0.2) is 11.6 Å². The van der Waals surface area contributed by atoms with Gasteiger partial charge in [0, 0.05) is 13.6 Å². The predicted molar refractivity (Wildman–Crippen MR) is 92.5 cm³/mol. The molecule has 2 rings (SSSR count). The van der Waals surface area contributed by atoms with Crippen molar-refractivity contribution in [2.75, 3.05) is 13.6 Å². The Balaban J connectivity index is 1.80. The van der Waals surface area contributed by atoms with Gasteiger partial charge in [0.05, 0.1) is 18.2 Å². The molecule has 0 saturated heterocycles. The highest BCUT2D eigenvalue weighted by molar-refractivity contribution is 5.73. The number of nitrogens with one attached hydrogen (secondary N) is 1. The molecule has 1 N–H and O–H groups in total. The molecule has 0 fully saturated rings. The average molecular weight is 341 g/mol. The van der Waals surface area contributed by atoms with E-state index in [1.54, 1.807) is 44.3 Å². The van der Waals surface area contributed by atoms with Crippen molar-refractivity contribution in [1.29, 1.82) is 5.26 Å². The number of urea groups is 1. The Hall–Kier alpha value is -3.07. The van der Waals surface area contributed by atoms with Gasteiger partial charge in [-0.05, 0) is 36.8 Å². The van der Waals surface area contributed by atoms with E-state index in [1.807, 2.05) is 12.1 Å². The van der Waals surface area contributed by atoms with Crippen LogP contribution in [0, 0.1) is 17.1 Å². The lowest BCUT2D eigenvalue weighted by Gasteiger charge is -2.20. The minimum atomic E-state index is -0.432. The molecule has 130 valence electrons. The second kappa shape index (κ2) is 8.69. The van der Waals surface area contributed by atoms with E-state index in [0.717, 1.165) is 5.56 Å². The van der Waals surface area contributed by atoms with Gasteiger partial charge in [0.25, 0.3) is 0 Å². The molecule has 2 aromatic carbocycles. The van der Waals surface area contributed by atoms with Crippen LogP contribution < -0.4 is 10.1 Å². The van der Waals surface area contributed by atoms with Crippen LogP contribution in [0.5, 0.6) is 5.75 Å². The molecule has 0 radical (unpaired) electrons. The lowest BCUT2D eigenvalue weighted by Crippen LogP contribution is -2.41. The minimum absolute atomic E-state index is 0.162. The van der Waals surface area contributed by atoms with Crippen LogP contribution in [0.4, 0.5) is 9.18 Å². The van der Waals surface area contributed by atoms with Crippen molar-refractivity contribution in [3.8, 4) is 11.8 Å². The number of hydrogen-bond donors (Lipinski definition) is 1. The van der Waals surface area contributed by atoms with Crippen LogP contribution in [0.3, 0.4) is 0 Å². The lowest BCUT2D eigenvalue weighted by molar-refractivity contribution is 0.185. The van der Waals surface area contributed by atoms with Crippen molar-refractivity contribution < 1.29 is 13.9 Å². The summed E-state index contributed by atoms with van der Waals surface area (Å²) in [5, 5.41) is 11.5. The number of carbonyl (C=O) groups excluding carboxylic acids is 1. The number of rotatable bonds is 6. The standard InChI is InChI=1S/C19H20FN3O2/c1-14(25-18-6-4-3-5-17(18)20)12-22-19(24)23(2)13-16-9-7-15(11-21)8-10-16/h3-10,14H,12-13H2,1-2H3,(H,22,24)/t14-/m0/s1. The summed E-state index contributed by atoms with van der Waals surface area (Å²) >= 11 is 0. The van der Waals surface area contributed by atoms with Crippen LogP contribution in [-0.2, 0) is 6.54 Å². The maximum absolute atomic E-state index is 13.5. The summed E-state index contributed by atoms with van der Waals surface area (Å²) in [4.78, 5) is 13.7. The van der Waals surface area contributed by atoms with E-state index in [0.29, 0.717) is 12.1 Å². The van der Waals surface area contributed by atoms with Crippen molar-refractivity contribution in [3.05, 3.63) is 65.5 Å². The molecular weight excluding hydrogens is 321 g/mol. The zero-order chi connectivity index (χ0) is 18.2. The summed E-state index contributed by atoms with van der Waals surface area (Å²) in [6.45, 7) is 2.43. The third-order valence-corrected chi connectivity index (χ3v) is 3.56. The SMILES string of the molecule is C[C@@H](CNC(=O)N(C)Cc1ccc(C#N)cc1)Oc1ccccc1F. The van der Waals surface area contributed by atoms with E-state index >= 15 is 0 Å². The van der Waals surface area contributed by atoms with Gasteiger partial charge in [-0.15, -0.1) is 0 Å². The molecule has 0 aliphatic rings. The molecule has 0 aliphatic carbocycles. The Labute approximate surface area is 146 Å². The Morgan fingerprint density at radius 3 is 2.60 bits per heavy atom. The van der Waals surface area contributed by atoms with Gasteiger partial charge in [-0.25, -0.2) is 9.18 Å². The number of halogens is 1. The van der Waals surface area contributed by atoms with Gasteiger partial charge >= 0.3 is 6.03 Å². The average Bonchev–Trinajstić information content (AvgIpc) is 2.62. The van der Waals surface area contributed by atoms with Gasteiger partial charge in [0.1, 0.15) is 6.10 Å². The number of ether oxygens (including phenoxy) is 1. The van der Waals surface area contributed by atoms with Crippen LogP contribution in [0.2, 0.25) is 0 Å². The fraction of sp³-hybridized carbons (Fsp3) is 0.263. The van der Waals surface area contributed by atoms with Crippen molar-refractivity contribution in [2.24, 2.45) is 0 Å². The summed E-state index contributed by atoms with van der Waals surface area (Å²) in [6, 6.07) is 15.0. The van der Waals surface area contributed by atoms with Crippen molar-refractivity contribution in [2.45, 2.75) is 19.6 Å². The number of benzene rings is 2. The van der Waals surface area contributed by atoms with Gasteiger partial charge in [-0.3, -0.25) is 0 Å². The number of nitriles is 1. The monoisotopic (exact) mass is 341 g/mol. The number of amides is 2. The van der Waals surface area contributed by atoms with Gasteiger partial charge in [0.2, 0.25) is 0 Å². The molecule has 5 nitrogen and oxygen atoms in total. The van der Waals surface area contributed by atoms with E-state index in [4.69, 9.17) is 10.00 Å². The molecule has 0 saturated carbocycles. The zero-order valence-corrected chi connectivity index (χ0v) is 14.2. The fourth-order valence-corrected chi connectivity index (χ4v) is 2.20. The van der Waals surface area contributed by atoms with Gasteiger partial charge < -0.3 is 15.0 Å². The quantitative estimate of drug-likeness (QED) is 0.877. The van der Waals surface area contributed by atoms with Crippen molar-refractivity contribution >= 4 is 6.03 Å². The number of para-hydroxylation sites is 1. The molecule has 25 heavy (non-hydrogen) atoms. The number of nitrogens with zero attached hydrogens (tertiary/aromatic N) is 2. The Kier molecular flexibility index (Phi) is 6.35. The van der Waals surface area contributed by atoms with Crippen molar-refractivity contribution in [1.82, 2.24) is 10.2 Å². The fourth-order valence-electron chi connectivity index (χ4n) is 2.20. The van der Waals surface area contributed by atoms with Gasteiger partial charge in [-0.1, -0.05) is 24.3 Å². The topological polar surface area (TPSA) is 65.4 Å². The van der Waals surface area contributed by atoms with Gasteiger partial charge in [-0.2, -0.15) is 5.26 Å². The van der Waals surface area contributed by atoms with Crippen molar-refractivity contribution in [3.63, 3.8) is 0 Å². The summed E-state index contributed by atoms with van der Waals surface area (Å²) in [6.07, 6.45) is -0.371. The van der Waals surface area contributed by atoms with E-state index in [9.17, 15) is 9.18 Å². The molecule has 0 heterocycles. The zero-order valence-electron chi connectivity index (χ0n) is 14.2. The first-order valence-corrected chi connectivity index (χ1v) is 7.89. The number of hydrogen-bond acceptors (Lipinski definition) is 3. The molecule has 0 bridgehead atoms. The summed E-state index contributed by atoms with van der Waals surface area (Å²) in [5.41, 5.74) is 1.50. The predicted octanol–water partition coefficient (Wildman–Crippen LogP) is 3.31. The first kappa shape index (κ1) is 18.3. The summed E-state index contributed by atoms with van der Waals surface area (Å²) in [5.74, 6) is -0.270. The van der Waals surface area contributed by atoms with Crippen LogP contribution in [-0.4, -0.2) is 30.6 Å². The van der Waals surface area contributed by atoms with Crippen LogP contribution in [0.1, 0.15) is 18.1 Å². The summed E-state index contributed by atoms with van der Waals surface area (Å²) < 4.78 is 19.0. The van der Waals surface area contributed by atoms with Crippen LogP contribution in [0.25, 0.3) is 0 Å². The van der Waals surface area contributed by atoms with E-state index in [1.165, 1.54) is 11.0 Å². The Bertz CT molecular complexity index is 756. The maximum Gasteiger partial charge on any atom is 0.317 e. The summed E-state index contributed by atoms with van der Waals surface area (Å²) in [7, 11) is 1.68.